The van der Waals surface area contributed by atoms with E-state index in [9.17, 15) is 14.3 Å². The molecule has 0 radical (unpaired) electrons. The molecule has 124 valence electrons. The zero-order valence-electron chi connectivity index (χ0n) is 12.7. The van der Waals surface area contributed by atoms with Gasteiger partial charge in [0.25, 0.3) is 0 Å². The Balaban J connectivity index is 2.68. The van der Waals surface area contributed by atoms with E-state index in [1.54, 1.807) is 7.05 Å². The maximum absolute atomic E-state index is 13.3. The van der Waals surface area contributed by atoms with E-state index < -0.39 is 17.6 Å². The highest BCUT2D eigenvalue weighted by atomic mass is 19.1. The highest BCUT2D eigenvalue weighted by Gasteiger charge is 2.24. The minimum Gasteiger partial charge on any atom is -0.505 e. The molecule has 0 bridgehead atoms. The van der Waals surface area contributed by atoms with Crippen molar-refractivity contribution >= 4 is 5.91 Å². The molecule has 0 saturated heterocycles. The van der Waals surface area contributed by atoms with Gasteiger partial charge < -0.3 is 26.6 Å². The number of benzene rings is 1. The number of phenolic OH excluding ortho intramolecular Hbond substituents is 1. The Morgan fingerprint density at radius 2 is 2.14 bits per heavy atom. The number of nitrogens with two attached hydrogens (primary N) is 2. The minimum atomic E-state index is -0.846. The number of carbonyl (C=O) groups is 1. The molecule has 7 heteroatoms. The van der Waals surface area contributed by atoms with Crippen LogP contribution in [0.25, 0.3) is 0 Å². The van der Waals surface area contributed by atoms with E-state index >= 15 is 0 Å². The van der Waals surface area contributed by atoms with Crippen molar-refractivity contribution in [2.75, 3.05) is 20.2 Å². The monoisotopic (exact) mass is 313 g/mol. The molecule has 0 aliphatic rings. The molecule has 0 fully saturated rings. The molecule has 1 aromatic rings. The highest BCUT2D eigenvalue weighted by Crippen LogP contribution is 2.17. The lowest BCUT2D eigenvalue weighted by Crippen LogP contribution is -2.48. The van der Waals surface area contributed by atoms with Crippen molar-refractivity contribution in [3.63, 3.8) is 0 Å². The first-order valence-electron chi connectivity index (χ1n) is 7.21. The van der Waals surface area contributed by atoms with Gasteiger partial charge in [0.05, 0.1) is 18.7 Å². The molecule has 2 atom stereocenters. The number of amides is 1. The molecule has 0 aliphatic carbocycles. The van der Waals surface area contributed by atoms with Crippen molar-refractivity contribution in [1.82, 2.24) is 4.90 Å². The molecule has 6 nitrogen and oxygen atoms in total. The lowest BCUT2D eigenvalue weighted by atomic mass is 10.0. The topological polar surface area (TPSA) is 113 Å². The molecular weight excluding hydrogens is 289 g/mol. The lowest BCUT2D eigenvalue weighted by Gasteiger charge is -2.29. The number of phenols is 1. The second-order valence-corrected chi connectivity index (χ2v) is 5.31. The number of aliphatic hydroxyl groups is 1. The third-order valence-corrected chi connectivity index (χ3v) is 3.63. The van der Waals surface area contributed by atoms with Crippen molar-refractivity contribution in [2.24, 2.45) is 11.5 Å². The van der Waals surface area contributed by atoms with Crippen LogP contribution < -0.4 is 11.5 Å². The van der Waals surface area contributed by atoms with Crippen LogP contribution in [-0.2, 0) is 11.2 Å². The van der Waals surface area contributed by atoms with Crippen LogP contribution in [0.4, 0.5) is 4.39 Å². The SMILES string of the molecule is CN(C(=O)C(N)Cc1ccc(O)c(F)c1)C(CO)CCCN. The number of hydrogen-bond acceptors (Lipinski definition) is 5. The fraction of sp³-hybridized carbons (Fsp3) is 0.533. The highest BCUT2D eigenvalue weighted by molar-refractivity contribution is 5.82. The first-order chi connectivity index (χ1) is 10.4. The molecule has 1 aromatic carbocycles. The molecule has 6 N–H and O–H groups in total. The number of aromatic hydroxyl groups is 1. The maximum atomic E-state index is 13.3. The predicted molar refractivity (Wildman–Crippen MR) is 81.7 cm³/mol. The van der Waals surface area contributed by atoms with Gasteiger partial charge in [-0.1, -0.05) is 6.07 Å². The van der Waals surface area contributed by atoms with E-state index in [0.717, 1.165) is 6.07 Å². The summed E-state index contributed by atoms with van der Waals surface area (Å²) in [4.78, 5) is 13.7. The van der Waals surface area contributed by atoms with Gasteiger partial charge in [-0.05, 0) is 43.5 Å². The minimum absolute atomic E-state index is 0.148. The third kappa shape index (κ3) is 4.94. The Kier molecular flexibility index (Phi) is 7.23. The van der Waals surface area contributed by atoms with Gasteiger partial charge in [-0.2, -0.15) is 0 Å². The van der Waals surface area contributed by atoms with Gasteiger partial charge >= 0.3 is 0 Å². The van der Waals surface area contributed by atoms with Gasteiger partial charge in [0.1, 0.15) is 0 Å². The zero-order valence-corrected chi connectivity index (χ0v) is 12.7. The number of hydrogen-bond donors (Lipinski definition) is 4. The first kappa shape index (κ1) is 18.3. The van der Waals surface area contributed by atoms with Crippen LogP contribution >= 0.6 is 0 Å². The van der Waals surface area contributed by atoms with E-state index in [0.29, 0.717) is 24.9 Å². The number of rotatable bonds is 8. The Morgan fingerprint density at radius 3 is 2.68 bits per heavy atom. The summed E-state index contributed by atoms with van der Waals surface area (Å²) in [5.74, 6) is -1.52. The van der Waals surface area contributed by atoms with Crippen LogP contribution in [0.1, 0.15) is 18.4 Å². The molecule has 22 heavy (non-hydrogen) atoms. The molecule has 2 unspecified atom stereocenters. The molecular formula is C15H24FN3O3. The summed E-state index contributed by atoms with van der Waals surface area (Å²) in [5, 5.41) is 18.5. The predicted octanol–water partition coefficient (Wildman–Crippen LogP) is -0.0407. The van der Waals surface area contributed by atoms with Crippen molar-refractivity contribution in [2.45, 2.75) is 31.3 Å². The van der Waals surface area contributed by atoms with Crippen LogP contribution in [-0.4, -0.2) is 53.3 Å². The number of aliphatic hydroxyl groups excluding tert-OH is 1. The number of likely N-dealkylation sites (N-methyl/N-ethyl adjacent to an activating group) is 1. The van der Waals surface area contributed by atoms with Crippen LogP contribution in [0.2, 0.25) is 0 Å². The second kappa shape index (κ2) is 8.67. The van der Waals surface area contributed by atoms with E-state index in [4.69, 9.17) is 16.6 Å². The summed E-state index contributed by atoms with van der Waals surface area (Å²) in [7, 11) is 1.58. The molecule has 0 heterocycles. The van der Waals surface area contributed by atoms with Gasteiger partial charge in [0.2, 0.25) is 5.91 Å². The van der Waals surface area contributed by atoms with Crippen LogP contribution in [0.5, 0.6) is 5.75 Å². The summed E-state index contributed by atoms with van der Waals surface area (Å²) >= 11 is 0. The van der Waals surface area contributed by atoms with Gasteiger partial charge in [-0.3, -0.25) is 4.79 Å². The van der Waals surface area contributed by atoms with Crippen LogP contribution in [0.15, 0.2) is 18.2 Å². The van der Waals surface area contributed by atoms with Gasteiger partial charge in [0.15, 0.2) is 11.6 Å². The molecule has 0 aromatic heterocycles. The van der Waals surface area contributed by atoms with Gasteiger partial charge in [-0.25, -0.2) is 4.39 Å². The number of nitrogens with zero attached hydrogens (tertiary/aromatic N) is 1. The zero-order chi connectivity index (χ0) is 16.7. The molecule has 1 rings (SSSR count). The maximum Gasteiger partial charge on any atom is 0.239 e. The van der Waals surface area contributed by atoms with Gasteiger partial charge in [-0.15, -0.1) is 0 Å². The normalized spacial score (nSPS) is 13.7. The first-order valence-corrected chi connectivity index (χ1v) is 7.21. The van der Waals surface area contributed by atoms with Crippen molar-refractivity contribution in [3.05, 3.63) is 29.6 Å². The molecule has 0 spiro atoms. The molecule has 0 aliphatic heterocycles. The Labute approximate surface area is 129 Å². The standard InChI is InChI=1S/C15H24FN3O3/c1-19(11(9-20)3-2-6-17)15(22)13(18)8-10-4-5-14(21)12(16)7-10/h4-5,7,11,13,20-21H,2-3,6,8-9,17-18H2,1H3. The van der Waals surface area contributed by atoms with Gasteiger partial charge in [0, 0.05) is 7.05 Å². The number of halogens is 1. The van der Waals surface area contributed by atoms with Crippen LogP contribution in [0.3, 0.4) is 0 Å². The van der Waals surface area contributed by atoms with Crippen LogP contribution in [0, 0.1) is 5.82 Å². The largest absolute Gasteiger partial charge is 0.505 e. The lowest BCUT2D eigenvalue weighted by molar-refractivity contribution is -0.134. The van der Waals surface area contributed by atoms with E-state index in [1.807, 2.05) is 0 Å². The van der Waals surface area contributed by atoms with E-state index in [1.165, 1.54) is 17.0 Å². The third-order valence-electron chi connectivity index (χ3n) is 3.63. The summed E-state index contributed by atoms with van der Waals surface area (Å²) in [6.45, 7) is 0.320. The van der Waals surface area contributed by atoms with Crippen molar-refractivity contribution in [3.8, 4) is 5.75 Å². The summed E-state index contributed by atoms with van der Waals surface area (Å²) < 4.78 is 13.3. The average Bonchev–Trinajstić information content (AvgIpc) is 2.50. The summed E-state index contributed by atoms with van der Waals surface area (Å²) in [6, 6.07) is 2.72. The van der Waals surface area contributed by atoms with E-state index in [2.05, 4.69) is 0 Å². The Morgan fingerprint density at radius 1 is 1.45 bits per heavy atom. The van der Waals surface area contributed by atoms with Crippen molar-refractivity contribution in [1.29, 1.82) is 0 Å². The summed E-state index contributed by atoms with van der Waals surface area (Å²) in [6.07, 6.45) is 1.44. The van der Waals surface area contributed by atoms with E-state index in [-0.39, 0.29) is 25.0 Å². The summed E-state index contributed by atoms with van der Waals surface area (Å²) in [5.41, 5.74) is 11.8. The second-order valence-electron chi connectivity index (χ2n) is 5.31. The Bertz CT molecular complexity index is 499. The number of carbonyl (C=O) groups excluding carboxylic acids is 1. The fourth-order valence-electron chi connectivity index (χ4n) is 2.22. The molecule has 0 saturated carbocycles. The smallest absolute Gasteiger partial charge is 0.239 e. The molecule has 1 amide bonds. The average molecular weight is 313 g/mol. The Hall–Kier alpha value is -1.70. The van der Waals surface area contributed by atoms with Crippen molar-refractivity contribution < 1.29 is 19.4 Å². The quantitative estimate of drug-likeness (QED) is 0.538. The fourth-order valence-corrected chi connectivity index (χ4v) is 2.22.